The van der Waals surface area contributed by atoms with Crippen molar-refractivity contribution >= 4 is 0 Å². The van der Waals surface area contributed by atoms with Gasteiger partial charge >= 0.3 is 0 Å². The minimum absolute atomic E-state index is 0.295. The summed E-state index contributed by atoms with van der Waals surface area (Å²) in [6.45, 7) is 10.8. The Hall–Kier alpha value is -1.67. The van der Waals surface area contributed by atoms with E-state index in [1.54, 1.807) is 0 Å². The van der Waals surface area contributed by atoms with Crippen molar-refractivity contribution in [3.8, 4) is 0 Å². The number of hydrogen-bond donors (Lipinski definition) is 1. The molecule has 1 aromatic carbocycles. The fourth-order valence-electron chi connectivity index (χ4n) is 3.21. The molecular formula is C19H26N2. The molecule has 2 heteroatoms. The highest BCUT2D eigenvalue weighted by Crippen LogP contribution is 2.26. The van der Waals surface area contributed by atoms with Crippen LogP contribution in [0.2, 0.25) is 0 Å². The molecule has 0 radical (unpaired) electrons. The van der Waals surface area contributed by atoms with Gasteiger partial charge in [0.1, 0.15) is 0 Å². The SMILES string of the molecule is CCC(NC(C)c1c(C)cc(C)nc1C)c1ccccc1. The third kappa shape index (κ3) is 3.70. The van der Waals surface area contributed by atoms with Gasteiger partial charge in [-0.15, -0.1) is 0 Å². The van der Waals surface area contributed by atoms with Crippen LogP contribution in [0.15, 0.2) is 36.4 Å². The van der Waals surface area contributed by atoms with Crippen LogP contribution in [-0.4, -0.2) is 4.98 Å². The summed E-state index contributed by atoms with van der Waals surface area (Å²) in [6, 6.07) is 13.5. The summed E-state index contributed by atoms with van der Waals surface area (Å²) < 4.78 is 0. The molecule has 112 valence electrons. The highest BCUT2D eigenvalue weighted by molar-refractivity contribution is 5.34. The monoisotopic (exact) mass is 282 g/mol. The largest absolute Gasteiger partial charge is 0.303 e. The van der Waals surface area contributed by atoms with E-state index in [4.69, 9.17) is 0 Å². The quantitative estimate of drug-likeness (QED) is 0.851. The maximum absolute atomic E-state index is 4.62. The maximum Gasteiger partial charge on any atom is 0.0426 e. The van der Waals surface area contributed by atoms with E-state index in [-0.39, 0.29) is 0 Å². The normalized spacial score (nSPS) is 14.0. The van der Waals surface area contributed by atoms with Gasteiger partial charge in [-0.2, -0.15) is 0 Å². The first-order valence-corrected chi connectivity index (χ1v) is 7.78. The molecule has 2 aromatic rings. The molecule has 1 heterocycles. The van der Waals surface area contributed by atoms with Crippen molar-refractivity contribution in [2.45, 2.75) is 53.1 Å². The topological polar surface area (TPSA) is 24.9 Å². The van der Waals surface area contributed by atoms with Gasteiger partial charge in [0.25, 0.3) is 0 Å². The van der Waals surface area contributed by atoms with Crippen molar-refractivity contribution in [2.24, 2.45) is 0 Å². The lowest BCUT2D eigenvalue weighted by molar-refractivity contribution is 0.453. The zero-order chi connectivity index (χ0) is 15.4. The zero-order valence-corrected chi connectivity index (χ0v) is 13.8. The van der Waals surface area contributed by atoms with Gasteiger partial charge in [0, 0.05) is 23.5 Å². The second kappa shape index (κ2) is 6.86. The molecule has 2 unspecified atom stereocenters. The number of rotatable bonds is 5. The fraction of sp³-hybridized carbons (Fsp3) is 0.421. The Labute approximate surface area is 128 Å². The molecule has 2 nitrogen and oxygen atoms in total. The molecule has 0 aliphatic carbocycles. The molecule has 0 bridgehead atoms. The van der Waals surface area contributed by atoms with Gasteiger partial charge in [0.2, 0.25) is 0 Å². The van der Waals surface area contributed by atoms with Crippen LogP contribution < -0.4 is 5.32 Å². The van der Waals surface area contributed by atoms with Crippen molar-refractivity contribution in [3.63, 3.8) is 0 Å². The summed E-state index contributed by atoms with van der Waals surface area (Å²) in [5.41, 5.74) is 6.23. The molecule has 0 spiro atoms. The summed E-state index contributed by atoms with van der Waals surface area (Å²) in [6.07, 6.45) is 1.08. The molecule has 2 rings (SSSR count). The van der Waals surface area contributed by atoms with Crippen LogP contribution in [0.3, 0.4) is 0 Å². The summed E-state index contributed by atoms with van der Waals surface area (Å²) >= 11 is 0. The molecule has 0 aliphatic heterocycles. The minimum atomic E-state index is 0.295. The smallest absolute Gasteiger partial charge is 0.0426 e. The van der Waals surface area contributed by atoms with Crippen LogP contribution in [0.1, 0.15) is 60.4 Å². The molecule has 1 aromatic heterocycles. The number of pyridine rings is 1. The standard InChI is InChI=1S/C19H26N2/c1-6-18(17-10-8-7-9-11-17)21-16(5)19-13(2)12-14(3)20-15(19)4/h7-12,16,18,21H,6H2,1-5H3. The molecule has 0 aliphatic rings. The zero-order valence-electron chi connectivity index (χ0n) is 13.8. The molecule has 0 amide bonds. The molecular weight excluding hydrogens is 256 g/mol. The Bertz CT molecular complexity index is 567. The average Bonchev–Trinajstić information content (AvgIpc) is 2.44. The number of aromatic nitrogens is 1. The van der Waals surface area contributed by atoms with Gasteiger partial charge in [-0.25, -0.2) is 0 Å². The van der Waals surface area contributed by atoms with Crippen molar-refractivity contribution < 1.29 is 0 Å². The Kier molecular flexibility index (Phi) is 5.13. The maximum atomic E-state index is 4.62. The van der Waals surface area contributed by atoms with Crippen LogP contribution in [0, 0.1) is 20.8 Å². The van der Waals surface area contributed by atoms with E-state index in [0.29, 0.717) is 12.1 Å². The second-order valence-electron chi connectivity index (χ2n) is 5.84. The number of nitrogens with zero attached hydrogens (tertiary/aromatic N) is 1. The van der Waals surface area contributed by atoms with E-state index in [9.17, 15) is 0 Å². The van der Waals surface area contributed by atoms with Crippen molar-refractivity contribution in [2.75, 3.05) is 0 Å². The average molecular weight is 282 g/mol. The van der Waals surface area contributed by atoms with Crippen molar-refractivity contribution in [1.82, 2.24) is 10.3 Å². The Morgan fingerprint density at radius 2 is 1.76 bits per heavy atom. The molecule has 0 saturated heterocycles. The van der Waals surface area contributed by atoms with Crippen LogP contribution >= 0.6 is 0 Å². The van der Waals surface area contributed by atoms with Gasteiger partial charge in [-0.1, -0.05) is 37.3 Å². The molecule has 2 atom stereocenters. The number of aryl methyl sites for hydroxylation is 3. The molecule has 0 fully saturated rings. The van der Waals surface area contributed by atoms with Crippen LogP contribution in [0.4, 0.5) is 0 Å². The van der Waals surface area contributed by atoms with E-state index in [1.165, 1.54) is 16.7 Å². The summed E-state index contributed by atoms with van der Waals surface area (Å²) in [7, 11) is 0. The molecule has 1 N–H and O–H groups in total. The Morgan fingerprint density at radius 3 is 2.33 bits per heavy atom. The number of nitrogens with one attached hydrogen (secondary N) is 1. The van der Waals surface area contributed by atoms with Gasteiger partial charge in [0.15, 0.2) is 0 Å². The van der Waals surface area contributed by atoms with Gasteiger partial charge in [-0.3, -0.25) is 4.98 Å². The van der Waals surface area contributed by atoms with Crippen LogP contribution in [0.25, 0.3) is 0 Å². The Morgan fingerprint density at radius 1 is 1.10 bits per heavy atom. The Balaban J connectivity index is 2.23. The highest BCUT2D eigenvalue weighted by Gasteiger charge is 2.17. The molecule has 21 heavy (non-hydrogen) atoms. The highest BCUT2D eigenvalue weighted by atomic mass is 14.9. The predicted octanol–water partition coefficient (Wildman–Crippen LogP) is 4.81. The fourth-order valence-corrected chi connectivity index (χ4v) is 3.21. The second-order valence-corrected chi connectivity index (χ2v) is 5.84. The van der Waals surface area contributed by atoms with Gasteiger partial charge in [-0.05, 0) is 56.9 Å². The number of benzene rings is 1. The first-order valence-electron chi connectivity index (χ1n) is 7.78. The molecule has 0 saturated carbocycles. The summed E-state index contributed by atoms with van der Waals surface area (Å²) in [4.78, 5) is 4.62. The lowest BCUT2D eigenvalue weighted by Gasteiger charge is -2.25. The van der Waals surface area contributed by atoms with E-state index in [2.05, 4.69) is 81.3 Å². The van der Waals surface area contributed by atoms with Crippen LogP contribution in [0.5, 0.6) is 0 Å². The van der Waals surface area contributed by atoms with E-state index in [1.807, 2.05) is 0 Å². The van der Waals surface area contributed by atoms with Gasteiger partial charge in [0.05, 0.1) is 0 Å². The first kappa shape index (κ1) is 15.7. The van der Waals surface area contributed by atoms with Crippen molar-refractivity contribution in [1.29, 1.82) is 0 Å². The van der Waals surface area contributed by atoms with Crippen molar-refractivity contribution in [3.05, 3.63) is 64.5 Å². The minimum Gasteiger partial charge on any atom is -0.303 e. The van der Waals surface area contributed by atoms with E-state index >= 15 is 0 Å². The van der Waals surface area contributed by atoms with Gasteiger partial charge < -0.3 is 5.32 Å². The first-order chi connectivity index (χ1) is 10.0. The van der Waals surface area contributed by atoms with Crippen LogP contribution in [-0.2, 0) is 0 Å². The summed E-state index contributed by atoms with van der Waals surface area (Å²) in [5, 5.41) is 3.76. The predicted molar refractivity (Wildman–Crippen MR) is 89.5 cm³/mol. The van der Waals surface area contributed by atoms with E-state index < -0.39 is 0 Å². The summed E-state index contributed by atoms with van der Waals surface area (Å²) in [5.74, 6) is 0. The van der Waals surface area contributed by atoms with E-state index in [0.717, 1.165) is 17.8 Å². The third-order valence-corrected chi connectivity index (χ3v) is 4.08. The number of hydrogen-bond acceptors (Lipinski definition) is 2. The lowest BCUT2D eigenvalue weighted by atomic mass is 9.97. The third-order valence-electron chi connectivity index (χ3n) is 4.08. The lowest BCUT2D eigenvalue weighted by Crippen LogP contribution is -2.25.